The van der Waals surface area contributed by atoms with Crippen molar-refractivity contribution in [3.8, 4) is 0 Å². The Morgan fingerprint density at radius 1 is 1.42 bits per heavy atom. The van der Waals surface area contributed by atoms with Crippen molar-refractivity contribution in [3.63, 3.8) is 0 Å². The molecule has 0 bridgehead atoms. The predicted octanol–water partition coefficient (Wildman–Crippen LogP) is 2.04. The molecular weight excluding hydrogens is 394 g/mol. The molecule has 7 heteroatoms. The molecule has 1 saturated heterocycles. The van der Waals surface area contributed by atoms with Crippen LogP contribution in [0.2, 0.25) is 0 Å². The van der Waals surface area contributed by atoms with Gasteiger partial charge < -0.3 is 20.9 Å². The maximum atomic E-state index is 11.4. The van der Waals surface area contributed by atoms with Crippen LogP contribution >= 0.6 is 15.9 Å². The lowest BCUT2D eigenvalue weighted by Crippen LogP contribution is -2.43. The van der Waals surface area contributed by atoms with Crippen LogP contribution in [-0.2, 0) is 11.3 Å². The maximum absolute atomic E-state index is 11.4. The molecule has 0 saturated carbocycles. The second kappa shape index (κ2) is 10.5. The molecule has 1 atom stereocenters. The Bertz CT molecular complexity index is 604. The number of rotatable bonds is 7. The molecule has 1 aliphatic rings. The smallest absolute Gasteiger partial charge is 0.221 e. The summed E-state index contributed by atoms with van der Waals surface area (Å²) in [7, 11) is 3.85. The van der Waals surface area contributed by atoms with Crippen LogP contribution in [0.3, 0.4) is 0 Å². The third-order valence-electron chi connectivity index (χ3n) is 4.75. The fraction of sp³-hybridized carbons (Fsp3) is 0.579. The molecule has 26 heavy (non-hydrogen) atoms. The standard InChI is InChI=1S/C19H30BrN5O/c1-22-19(24(2)13-15-6-8-17(20)9-7-15)23-10-4-12-25-11-3-5-16(14-25)18(21)26/h6-9,16H,3-5,10-14H2,1-2H3,(H2,21,26)(H,22,23). The molecule has 1 aromatic carbocycles. The summed E-state index contributed by atoms with van der Waals surface area (Å²) in [6, 6.07) is 8.33. The van der Waals surface area contributed by atoms with Crippen LogP contribution in [-0.4, -0.2) is 61.9 Å². The first-order valence-electron chi connectivity index (χ1n) is 9.17. The number of hydrogen-bond acceptors (Lipinski definition) is 3. The number of carbonyl (C=O) groups excluding carboxylic acids is 1. The number of carbonyl (C=O) groups is 1. The maximum Gasteiger partial charge on any atom is 0.221 e. The van der Waals surface area contributed by atoms with Gasteiger partial charge in [0.25, 0.3) is 0 Å². The minimum atomic E-state index is -0.164. The van der Waals surface area contributed by atoms with E-state index in [0.717, 1.165) is 62.4 Å². The van der Waals surface area contributed by atoms with E-state index in [1.54, 1.807) is 0 Å². The van der Waals surface area contributed by atoms with Crippen LogP contribution in [0, 0.1) is 5.92 Å². The highest BCUT2D eigenvalue weighted by Gasteiger charge is 2.23. The van der Waals surface area contributed by atoms with E-state index in [9.17, 15) is 4.79 Å². The highest BCUT2D eigenvalue weighted by molar-refractivity contribution is 9.10. The number of halogens is 1. The first-order chi connectivity index (χ1) is 12.5. The second-order valence-electron chi connectivity index (χ2n) is 6.85. The average molecular weight is 424 g/mol. The Balaban J connectivity index is 1.71. The lowest BCUT2D eigenvalue weighted by Gasteiger charge is -2.31. The quantitative estimate of drug-likeness (QED) is 0.399. The minimum absolute atomic E-state index is 0.0153. The highest BCUT2D eigenvalue weighted by Crippen LogP contribution is 2.16. The van der Waals surface area contributed by atoms with Crippen molar-refractivity contribution >= 4 is 27.8 Å². The number of piperidine rings is 1. The molecule has 1 aliphatic heterocycles. The molecule has 3 N–H and O–H groups in total. The van der Waals surface area contributed by atoms with Gasteiger partial charge in [-0.15, -0.1) is 0 Å². The van der Waals surface area contributed by atoms with Gasteiger partial charge >= 0.3 is 0 Å². The molecule has 6 nitrogen and oxygen atoms in total. The lowest BCUT2D eigenvalue weighted by molar-refractivity contribution is -0.123. The molecule has 1 heterocycles. The van der Waals surface area contributed by atoms with Gasteiger partial charge in [-0.3, -0.25) is 9.79 Å². The van der Waals surface area contributed by atoms with Crippen LogP contribution in [0.5, 0.6) is 0 Å². The van der Waals surface area contributed by atoms with Gasteiger partial charge in [0.15, 0.2) is 5.96 Å². The molecule has 144 valence electrons. The Hall–Kier alpha value is -1.60. The minimum Gasteiger partial charge on any atom is -0.369 e. The van der Waals surface area contributed by atoms with E-state index >= 15 is 0 Å². The van der Waals surface area contributed by atoms with Crippen molar-refractivity contribution in [1.29, 1.82) is 0 Å². The van der Waals surface area contributed by atoms with Crippen molar-refractivity contribution in [2.75, 3.05) is 40.3 Å². The molecule has 1 fully saturated rings. The van der Waals surface area contributed by atoms with Crippen molar-refractivity contribution in [1.82, 2.24) is 15.1 Å². The molecule has 1 amide bonds. The van der Waals surface area contributed by atoms with Crippen molar-refractivity contribution < 1.29 is 4.79 Å². The Labute approximate surface area is 165 Å². The summed E-state index contributed by atoms with van der Waals surface area (Å²) in [4.78, 5) is 20.2. The van der Waals surface area contributed by atoms with Crippen LogP contribution in [0.1, 0.15) is 24.8 Å². The summed E-state index contributed by atoms with van der Waals surface area (Å²) < 4.78 is 1.09. The Morgan fingerprint density at radius 3 is 2.81 bits per heavy atom. The third-order valence-corrected chi connectivity index (χ3v) is 5.28. The van der Waals surface area contributed by atoms with Gasteiger partial charge in [-0.2, -0.15) is 0 Å². The summed E-state index contributed by atoms with van der Waals surface area (Å²) in [5.74, 6) is 0.742. The Morgan fingerprint density at radius 2 is 2.15 bits per heavy atom. The zero-order valence-corrected chi connectivity index (χ0v) is 17.3. The van der Waals surface area contributed by atoms with Crippen LogP contribution in [0.25, 0.3) is 0 Å². The van der Waals surface area contributed by atoms with E-state index in [0.29, 0.717) is 0 Å². The van der Waals surface area contributed by atoms with Gasteiger partial charge in [-0.25, -0.2) is 0 Å². The van der Waals surface area contributed by atoms with Crippen molar-refractivity contribution in [2.24, 2.45) is 16.6 Å². The number of likely N-dealkylation sites (tertiary alicyclic amines) is 1. The van der Waals surface area contributed by atoms with Gasteiger partial charge in [0.1, 0.15) is 0 Å². The van der Waals surface area contributed by atoms with Gasteiger partial charge in [-0.1, -0.05) is 28.1 Å². The van der Waals surface area contributed by atoms with Crippen molar-refractivity contribution in [3.05, 3.63) is 34.3 Å². The van der Waals surface area contributed by atoms with E-state index < -0.39 is 0 Å². The largest absolute Gasteiger partial charge is 0.369 e. The molecule has 0 aliphatic carbocycles. The fourth-order valence-electron chi connectivity index (χ4n) is 3.32. The number of nitrogens with one attached hydrogen (secondary N) is 1. The third kappa shape index (κ3) is 6.61. The topological polar surface area (TPSA) is 74.0 Å². The second-order valence-corrected chi connectivity index (χ2v) is 7.77. The zero-order chi connectivity index (χ0) is 18.9. The molecule has 0 aromatic heterocycles. The number of aliphatic imine (C=N–C) groups is 1. The van der Waals surface area contributed by atoms with E-state index in [1.807, 2.05) is 14.1 Å². The van der Waals surface area contributed by atoms with Gasteiger partial charge in [0, 0.05) is 38.2 Å². The summed E-state index contributed by atoms with van der Waals surface area (Å²) >= 11 is 3.46. The first-order valence-corrected chi connectivity index (χ1v) is 9.96. The summed E-state index contributed by atoms with van der Waals surface area (Å²) in [5, 5.41) is 3.42. The average Bonchev–Trinajstić information content (AvgIpc) is 2.63. The number of nitrogens with two attached hydrogens (primary N) is 1. The van der Waals surface area contributed by atoms with Crippen LogP contribution in [0.15, 0.2) is 33.7 Å². The van der Waals surface area contributed by atoms with E-state index in [1.165, 1.54) is 5.56 Å². The molecule has 1 aromatic rings. The van der Waals surface area contributed by atoms with Crippen LogP contribution < -0.4 is 11.1 Å². The summed E-state index contributed by atoms with van der Waals surface area (Å²) in [6.45, 7) is 4.49. The molecule has 1 unspecified atom stereocenters. The fourth-order valence-corrected chi connectivity index (χ4v) is 3.58. The van der Waals surface area contributed by atoms with Gasteiger partial charge in [-0.05, 0) is 50.0 Å². The van der Waals surface area contributed by atoms with E-state index in [4.69, 9.17) is 5.73 Å². The van der Waals surface area contributed by atoms with Gasteiger partial charge in [0.2, 0.25) is 5.91 Å². The van der Waals surface area contributed by atoms with Crippen LogP contribution in [0.4, 0.5) is 0 Å². The summed E-state index contributed by atoms with van der Waals surface area (Å²) in [5.41, 5.74) is 6.69. The van der Waals surface area contributed by atoms with E-state index in [-0.39, 0.29) is 11.8 Å². The normalized spacial score (nSPS) is 18.6. The number of hydrogen-bond donors (Lipinski definition) is 2. The zero-order valence-electron chi connectivity index (χ0n) is 15.7. The highest BCUT2D eigenvalue weighted by atomic mass is 79.9. The van der Waals surface area contributed by atoms with Gasteiger partial charge in [0.05, 0.1) is 5.92 Å². The first kappa shape index (κ1) is 20.7. The summed E-state index contributed by atoms with van der Waals surface area (Å²) in [6.07, 6.45) is 2.99. The monoisotopic (exact) mass is 423 g/mol. The number of guanidine groups is 1. The number of nitrogens with zero attached hydrogens (tertiary/aromatic N) is 3. The molecule has 0 spiro atoms. The number of amides is 1. The van der Waals surface area contributed by atoms with Crippen molar-refractivity contribution in [2.45, 2.75) is 25.8 Å². The molecule has 0 radical (unpaired) electrons. The molecular formula is C19H30BrN5O. The predicted molar refractivity (Wildman–Crippen MR) is 110 cm³/mol. The number of primary amides is 1. The molecule has 2 rings (SSSR count). The number of benzene rings is 1. The Kier molecular flexibility index (Phi) is 8.38. The lowest BCUT2D eigenvalue weighted by atomic mass is 9.97. The van der Waals surface area contributed by atoms with E-state index in [2.05, 4.69) is 60.3 Å². The SMILES string of the molecule is CN=C(NCCCN1CCCC(C(N)=O)C1)N(C)Cc1ccc(Br)cc1.